The van der Waals surface area contributed by atoms with Gasteiger partial charge in [0.25, 0.3) is 5.60 Å². The molecule has 0 aliphatic carbocycles. The number of alkyl halides is 1. The summed E-state index contributed by atoms with van der Waals surface area (Å²) in [6, 6.07) is 4.08. The summed E-state index contributed by atoms with van der Waals surface area (Å²) in [7, 11) is 0. The highest BCUT2D eigenvalue weighted by Crippen LogP contribution is 2.45. The topological polar surface area (TPSA) is 105 Å². The van der Waals surface area contributed by atoms with Gasteiger partial charge in [0.1, 0.15) is 12.1 Å². The summed E-state index contributed by atoms with van der Waals surface area (Å²) in [6.07, 6.45) is 2.46. The molecule has 0 radical (unpaired) electrons. The van der Waals surface area contributed by atoms with E-state index >= 15 is 0 Å². The molecule has 0 amide bonds. The van der Waals surface area contributed by atoms with E-state index in [1.54, 1.807) is 27.7 Å². The van der Waals surface area contributed by atoms with Crippen molar-refractivity contribution in [3.05, 3.63) is 40.9 Å². The average Bonchev–Trinajstić information content (AvgIpc) is 3.19. The largest absolute Gasteiger partial charge is 0.463 e. The van der Waals surface area contributed by atoms with Crippen LogP contribution in [0, 0.1) is 11.7 Å². The second-order valence-electron chi connectivity index (χ2n) is 7.86. The Balaban J connectivity index is 2.23. The van der Waals surface area contributed by atoms with Crippen LogP contribution in [0.25, 0.3) is 11.8 Å². The summed E-state index contributed by atoms with van der Waals surface area (Å²) in [5.74, 6) is -2.80. The van der Waals surface area contributed by atoms with Gasteiger partial charge >= 0.3 is 11.9 Å². The second kappa shape index (κ2) is 10.3. The van der Waals surface area contributed by atoms with Gasteiger partial charge in [-0.05, 0) is 31.9 Å². The van der Waals surface area contributed by atoms with E-state index in [0.717, 1.165) is 0 Å². The van der Waals surface area contributed by atoms with Crippen LogP contribution in [-0.4, -0.2) is 50.7 Å². The lowest BCUT2D eigenvalue weighted by Crippen LogP contribution is -2.58. The van der Waals surface area contributed by atoms with Crippen LogP contribution in [0.2, 0.25) is 5.02 Å². The Hall–Kier alpha value is -2.69. The maximum Gasteiger partial charge on any atom is 0.350 e. The number of esters is 2. The number of ether oxygens (including phenoxy) is 3. The number of anilines is 1. The summed E-state index contributed by atoms with van der Waals surface area (Å²) < 4.78 is 32.8. The zero-order chi connectivity index (χ0) is 25.1. The fraction of sp³-hybridized carbons (Fsp3) is 0.455. The molecule has 2 heterocycles. The van der Waals surface area contributed by atoms with E-state index in [0.29, 0.717) is 0 Å². The molecule has 0 spiro atoms. The van der Waals surface area contributed by atoms with Gasteiger partial charge in [0.2, 0.25) is 11.1 Å². The van der Waals surface area contributed by atoms with Crippen LogP contribution >= 0.6 is 23.2 Å². The van der Waals surface area contributed by atoms with Crippen LogP contribution in [0.15, 0.2) is 24.5 Å². The Kier molecular flexibility index (Phi) is 7.84. The lowest BCUT2D eigenvalue weighted by molar-refractivity contribution is -0.199. The molecule has 0 fully saturated rings. The van der Waals surface area contributed by atoms with Gasteiger partial charge in [-0.2, -0.15) is 10.1 Å². The number of rotatable bonds is 9. The van der Waals surface area contributed by atoms with E-state index in [2.05, 4.69) is 15.4 Å². The first-order valence-corrected chi connectivity index (χ1v) is 11.4. The van der Waals surface area contributed by atoms with Gasteiger partial charge in [-0.15, -0.1) is 0 Å². The maximum atomic E-state index is 15.0. The predicted octanol–water partition coefficient (Wildman–Crippen LogP) is 4.31. The third-order valence-electron chi connectivity index (χ3n) is 4.90. The zero-order valence-corrected chi connectivity index (χ0v) is 20.6. The summed E-state index contributed by atoms with van der Waals surface area (Å²) in [6.45, 7) is 6.69. The Morgan fingerprint density at radius 1 is 1.24 bits per heavy atom. The maximum absolute atomic E-state index is 15.0. The van der Waals surface area contributed by atoms with Gasteiger partial charge in [-0.3, -0.25) is 0 Å². The van der Waals surface area contributed by atoms with E-state index < -0.39 is 28.5 Å². The highest BCUT2D eigenvalue weighted by atomic mass is 35.5. The molecule has 0 saturated carbocycles. The first-order valence-electron chi connectivity index (χ1n) is 10.7. The summed E-state index contributed by atoms with van der Waals surface area (Å²) >= 11 is 13.3. The molecule has 1 aromatic heterocycles. The molecule has 184 valence electrons. The molecule has 1 aliphatic rings. The minimum absolute atomic E-state index is 0.0203. The van der Waals surface area contributed by atoms with Gasteiger partial charge in [-0.25, -0.2) is 18.7 Å². The third kappa shape index (κ3) is 4.89. The lowest BCUT2D eigenvalue weighted by atomic mass is 9.91. The average molecular weight is 515 g/mol. The SMILES string of the molecule is CCOC(=O)C(CC(C)C)(OC1(Cl)Nc2ncnn2C=C1c1c(F)cccc1Cl)C(=O)OCC. The highest BCUT2D eigenvalue weighted by Gasteiger charge is 2.58. The number of nitrogens with zero attached hydrogens (tertiary/aromatic N) is 3. The fourth-order valence-corrected chi connectivity index (χ4v) is 4.22. The van der Waals surface area contributed by atoms with Crippen LogP contribution in [0.3, 0.4) is 0 Å². The molecule has 0 saturated heterocycles. The van der Waals surface area contributed by atoms with E-state index in [-0.39, 0.29) is 47.7 Å². The van der Waals surface area contributed by atoms with Crippen molar-refractivity contribution in [1.82, 2.24) is 14.8 Å². The third-order valence-corrected chi connectivity index (χ3v) is 5.59. The Morgan fingerprint density at radius 2 is 1.88 bits per heavy atom. The molecule has 1 atom stereocenters. The first kappa shape index (κ1) is 25.9. The molecule has 9 nitrogen and oxygen atoms in total. The van der Waals surface area contributed by atoms with Crippen LogP contribution in [0.5, 0.6) is 0 Å². The highest BCUT2D eigenvalue weighted by molar-refractivity contribution is 6.36. The van der Waals surface area contributed by atoms with Gasteiger partial charge in [0, 0.05) is 18.2 Å². The van der Waals surface area contributed by atoms with Crippen molar-refractivity contribution >= 4 is 52.9 Å². The summed E-state index contributed by atoms with van der Waals surface area (Å²) in [5, 5.41) is 4.67. The number of halogens is 3. The van der Waals surface area contributed by atoms with Gasteiger partial charge in [0.15, 0.2) is 0 Å². The number of nitrogens with one attached hydrogen (secondary N) is 1. The smallest absolute Gasteiger partial charge is 0.350 e. The number of benzene rings is 1. The summed E-state index contributed by atoms with van der Waals surface area (Å²) in [4.78, 5) is 30.5. The number of hydrogen-bond acceptors (Lipinski definition) is 8. The number of carbonyl (C=O) groups is 2. The molecular formula is C22H25Cl2FN4O5. The molecule has 1 unspecified atom stereocenters. The molecule has 1 aromatic carbocycles. The second-order valence-corrected chi connectivity index (χ2v) is 8.80. The Morgan fingerprint density at radius 3 is 2.44 bits per heavy atom. The Bertz CT molecular complexity index is 1070. The molecular weight excluding hydrogens is 490 g/mol. The predicted molar refractivity (Wildman–Crippen MR) is 124 cm³/mol. The number of aromatic nitrogens is 3. The quantitative estimate of drug-likeness (QED) is 0.228. The first-order chi connectivity index (χ1) is 16.1. The summed E-state index contributed by atoms with van der Waals surface area (Å²) in [5.41, 5.74) is -2.44. The van der Waals surface area contributed by atoms with Crippen molar-refractivity contribution in [2.24, 2.45) is 5.92 Å². The van der Waals surface area contributed by atoms with Gasteiger partial charge in [0.05, 0.1) is 23.8 Å². The number of fused-ring (bicyclic) bond motifs is 1. The van der Waals surface area contributed by atoms with Crippen molar-refractivity contribution in [2.75, 3.05) is 18.5 Å². The fourth-order valence-electron chi connectivity index (χ4n) is 3.60. The van der Waals surface area contributed by atoms with Crippen LogP contribution in [-0.2, 0) is 23.8 Å². The minimum Gasteiger partial charge on any atom is -0.463 e. The van der Waals surface area contributed by atoms with Crippen molar-refractivity contribution in [1.29, 1.82) is 0 Å². The molecule has 1 aliphatic heterocycles. The monoisotopic (exact) mass is 514 g/mol. The van der Waals surface area contributed by atoms with Crippen molar-refractivity contribution in [3.63, 3.8) is 0 Å². The lowest BCUT2D eigenvalue weighted by Gasteiger charge is -2.41. The van der Waals surface area contributed by atoms with E-state index in [9.17, 15) is 14.0 Å². The zero-order valence-electron chi connectivity index (χ0n) is 19.1. The molecule has 34 heavy (non-hydrogen) atoms. The van der Waals surface area contributed by atoms with Gasteiger partial charge < -0.3 is 19.5 Å². The van der Waals surface area contributed by atoms with Crippen LogP contribution in [0.4, 0.5) is 10.3 Å². The molecule has 12 heteroatoms. The molecule has 1 N–H and O–H groups in total. The van der Waals surface area contributed by atoms with Gasteiger partial charge in [-0.1, -0.05) is 43.1 Å². The molecule has 2 aromatic rings. The minimum atomic E-state index is -2.28. The Labute approximate surface area is 206 Å². The van der Waals surface area contributed by atoms with E-state index in [1.807, 2.05) is 0 Å². The van der Waals surface area contributed by atoms with Crippen molar-refractivity contribution < 1.29 is 28.2 Å². The molecule has 0 bridgehead atoms. The van der Waals surface area contributed by atoms with Crippen molar-refractivity contribution in [3.8, 4) is 0 Å². The van der Waals surface area contributed by atoms with E-state index in [4.69, 9.17) is 37.4 Å². The molecule has 3 rings (SSSR count). The van der Waals surface area contributed by atoms with Crippen LogP contribution in [0.1, 0.15) is 39.7 Å². The normalized spacial score (nSPS) is 17.6. The standard InChI is InChI=1S/C22H25Cl2FN4O5/c1-5-32-18(30)21(10-13(3)4,19(31)33-6-2)34-22(24)14(11-29-20(28-22)26-12-27-29)17-15(23)8-7-9-16(17)25/h7-9,11-13H,5-6,10H2,1-4H3,(H,26,27,28). The van der Waals surface area contributed by atoms with Crippen LogP contribution < -0.4 is 5.32 Å². The number of carbonyl (C=O) groups excluding carboxylic acids is 2. The van der Waals surface area contributed by atoms with E-state index in [1.165, 1.54) is 35.4 Å². The van der Waals surface area contributed by atoms with Crippen molar-refractivity contribution in [2.45, 2.75) is 44.9 Å². The number of hydrogen-bond donors (Lipinski definition) is 1.